The van der Waals surface area contributed by atoms with E-state index in [2.05, 4.69) is 18.7 Å². The minimum Gasteiger partial charge on any atom is -0.477 e. The normalized spacial score (nSPS) is 11.4. The fourth-order valence-corrected chi connectivity index (χ4v) is 2.44. The summed E-state index contributed by atoms with van der Waals surface area (Å²) in [7, 11) is 0. The van der Waals surface area contributed by atoms with E-state index in [4.69, 9.17) is 10.2 Å². The zero-order chi connectivity index (χ0) is 12.8. The van der Waals surface area contributed by atoms with E-state index < -0.39 is 5.97 Å². The quantitative estimate of drug-likeness (QED) is 0.784. The van der Waals surface area contributed by atoms with Crippen LogP contribution in [0.2, 0.25) is 0 Å². The number of carboxylic acid groups (broad SMARTS) is 1. The molecule has 2 N–H and O–H groups in total. The van der Waals surface area contributed by atoms with Crippen molar-refractivity contribution in [2.75, 3.05) is 13.2 Å². The van der Waals surface area contributed by atoms with Gasteiger partial charge in [-0.2, -0.15) is 0 Å². The van der Waals surface area contributed by atoms with Gasteiger partial charge in [-0.15, -0.1) is 11.3 Å². The highest BCUT2D eigenvalue weighted by atomic mass is 32.1. The maximum absolute atomic E-state index is 10.8. The molecule has 0 bridgehead atoms. The van der Waals surface area contributed by atoms with Gasteiger partial charge in [0.05, 0.1) is 0 Å². The molecule has 0 fully saturated rings. The zero-order valence-corrected chi connectivity index (χ0v) is 11.0. The molecular formula is C12H19NO3S. The van der Waals surface area contributed by atoms with E-state index in [1.165, 1.54) is 11.3 Å². The van der Waals surface area contributed by atoms with Gasteiger partial charge in [0.25, 0.3) is 0 Å². The second-order valence-corrected chi connectivity index (χ2v) is 5.38. The minimum absolute atomic E-state index is 0.189. The Morgan fingerprint density at radius 2 is 2.18 bits per heavy atom. The van der Waals surface area contributed by atoms with Gasteiger partial charge in [-0.25, -0.2) is 4.79 Å². The first-order valence-corrected chi connectivity index (χ1v) is 6.53. The molecular weight excluding hydrogens is 238 g/mol. The SMILES string of the molecule is CC(C)N(CCCO)Cc1ccc(C(=O)O)s1. The Morgan fingerprint density at radius 1 is 1.47 bits per heavy atom. The largest absolute Gasteiger partial charge is 0.477 e. The van der Waals surface area contributed by atoms with Crippen LogP contribution in [0.5, 0.6) is 0 Å². The fourth-order valence-electron chi connectivity index (χ4n) is 1.57. The van der Waals surface area contributed by atoms with Crippen molar-refractivity contribution in [3.63, 3.8) is 0 Å². The first kappa shape index (κ1) is 14.2. The molecule has 5 heteroatoms. The third-order valence-corrected chi connectivity index (χ3v) is 3.62. The summed E-state index contributed by atoms with van der Waals surface area (Å²) in [6.07, 6.45) is 0.745. The molecule has 0 aliphatic heterocycles. The summed E-state index contributed by atoms with van der Waals surface area (Å²) in [6, 6.07) is 3.90. The predicted molar refractivity (Wildman–Crippen MR) is 68.5 cm³/mol. The van der Waals surface area contributed by atoms with E-state index in [-0.39, 0.29) is 6.61 Å². The molecule has 0 unspecified atom stereocenters. The lowest BCUT2D eigenvalue weighted by atomic mass is 10.2. The molecule has 0 aliphatic rings. The summed E-state index contributed by atoms with van der Waals surface area (Å²) >= 11 is 1.32. The number of hydrogen-bond donors (Lipinski definition) is 2. The van der Waals surface area contributed by atoms with Gasteiger partial charge in [-0.05, 0) is 32.4 Å². The Morgan fingerprint density at radius 3 is 2.65 bits per heavy atom. The molecule has 1 rings (SSSR count). The van der Waals surface area contributed by atoms with Gasteiger partial charge in [-0.1, -0.05) is 0 Å². The Balaban J connectivity index is 2.61. The van der Waals surface area contributed by atoms with Crippen LogP contribution in [0.3, 0.4) is 0 Å². The molecule has 0 saturated carbocycles. The van der Waals surface area contributed by atoms with Crippen molar-refractivity contribution in [3.8, 4) is 0 Å². The standard InChI is InChI=1S/C12H19NO3S/c1-9(2)13(6-3-7-14)8-10-4-5-11(17-10)12(15)16/h4-5,9,14H,3,6-8H2,1-2H3,(H,15,16). The van der Waals surface area contributed by atoms with Crippen LogP contribution in [-0.2, 0) is 6.54 Å². The molecule has 1 aromatic heterocycles. The number of carboxylic acids is 1. The van der Waals surface area contributed by atoms with E-state index in [9.17, 15) is 4.79 Å². The molecule has 1 aromatic rings. The maximum atomic E-state index is 10.8. The second kappa shape index (κ2) is 6.74. The van der Waals surface area contributed by atoms with Gasteiger partial charge in [0.15, 0.2) is 0 Å². The minimum atomic E-state index is -0.868. The van der Waals surface area contributed by atoms with Crippen molar-refractivity contribution < 1.29 is 15.0 Å². The van der Waals surface area contributed by atoms with Crippen LogP contribution < -0.4 is 0 Å². The molecule has 0 atom stereocenters. The number of aliphatic hydroxyl groups is 1. The summed E-state index contributed by atoms with van der Waals surface area (Å²) < 4.78 is 0. The van der Waals surface area contributed by atoms with Gasteiger partial charge < -0.3 is 10.2 Å². The summed E-state index contributed by atoms with van der Waals surface area (Å²) in [5, 5.41) is 17.7. The number of hydrogen-bond acceptors (Lipinski definition) is 4. The van der Waals surface area contributed by atoms with Crippen LogP contribution in [-0.4, -0.2) is 40.3 Å². The second-order valence-electron chi connectivity index (χ2n) is 4.21. The Bertz CT molecular complexity index is 362. The van der Waals surface area contributed by atoms with Gasteiger partial charge in [0.2, 0.25) is 0 Å². The van der Waals surface area contributed by atoms with Crippen LogP contribution in [0.15, 0.2) is 12.1 Å². The Kier molecular flexibility index (Phi) is 5.61. The van der Waals surface area contributed by atoms with E-state index >= 15 is 0 Å². The first-order chi connectivity index (χ1) is 8.04. The van der Waals surface area contributed by atoms with Crippen LogP contribution in [0, 0.1) is 0 Å². The number of nitrogens with zero attached hydrogens (tertiary/aromatic N) is 1. The van der Waals surface area contributed by atoms with Crippen molar-refractivity contribution >= 4 is 17.3 Å². The Labute approximate surface area is 106 Å². The molecule has 0 radical (unpaired) electrons. The molecule has 0 amide bonds. The highest BCUT2D eigenvalue weighted by Gasteiger charge is 2.13. The van der Waals surface area contributed by atoms with Gasteiger partial charge in [-0.3, -0.25) is 4.90 Å². The average molecular weight is 257 g/mol. The molecule has 1 heterocycles. The van der Waals surface area contributed by atoms with Crippen molar-refractivity contribution in [1.82, 2.24) is 4.90 Å². The summed E-state index contributed by atoms with van der Waals surface area (Å²) in [5.41, 5.74) is 0. The van der Waals surface area contributed by atoms with Crippen LogP contribution in [0.1, 0.15) is 34.8 Å². The van der Waals surface area contributed by atoms with Crippen LogP contribution >= 0.6 is 11.3 Å². The smallest absolute Gasteiger partial charge is 0.345 e. The third kappa shape index (κ3) is 4.46. The molecule has 0 aromatic carbocycles. The lowest BCUT2D eigenvalue weighted by Crippen LogP contribution is -2.31. The summed E-state index contributed by atoms with van der Waals surface area (Å²) in [4.78, 5) is 14.4. The molecule has 17 heavy (non-hydrogen) atoms. The van der Waals surface area contributed by atoms with E-state index in [1.807, 2.05) is 6.07 Å². The van der Waals surface area contributed by atoms with E-state index in [0.717, 1.165) is 24.4 Å². The fraction of sp³-hybridized carbons (Fsp3) is 0.583. The zero-order valence-electron chi connectivity index (χ0n) is 10.2. The molecule has 0 spiro atoms. The highest BCUT2D eigenvalue weighted by Crippen LogP contribution is 2.19. The topological polar surface area (TPSA) is 60.8 Å². The van der Waals surface area contributed by atoms with Crippen molar-refractivity contribution in [1.29, 1.82) is 0 Å². The van der Waals surface area contributed by atoms with Gasteiger partial charge in [0, 0.05) is 30.6 Å². The van der Waals surface area contributed by atoms with E-state index in [1.54, 1.807) is 6.07 Å². The van der Waals surface area contributed by atoms with Crippen LogP contribution in [0.4, 0.5) is 0 Å². The van der Waals surface area contributed by atoms with Crippen molar-refractivity contribution in [2.24, 2.45) is 0 Å². The highest BCUT2D eigenvalue weighted by molar-refractivity contribution is 7.13. The van der Waals surface area contributed by atoms with Gasteiger partial charge in [0.1, 0.15) is 4.88 Å². The molecule has 0 aliphatic carbocycles. The number of thiophene rings is 1. The summed E-state index contributed by atoms with van der Waals surface area (Å²) in [6.45, 7) is 5.96. The molecule has 4 nitrogen and oxygen atoms in total. The molecule has 0 saturated heterocycles. The number of carbonyl (C=O) groups is 1. The van der Waals surface area contributed by atoms with Crippen LogP contribution in [0.25, 0.3) is 0 Å². The lowest BCUT2D eigenvalue weighted by Gasteiger charge is -2.25. The predicted octanol–water partition coefficient (Wildman–Crippen LogP) is 2.04. The Hall–Kier alpha value is -0.910. The number of aromatic carboxylic acids is 1. The first-order valence-electron chi connectivity index (χ1n) is 5.71. The monoisotopic (exact) mass is 257 g/mol. The third-order valence-electron chi connectivity index (χ3n) is 2.57. The van der Waals surface area contributed by atoms with Crippen molar-refractivity contribution in [2.45, 2.75) is 32.9 Å². The average Bonchev–Trinajstić information content (AvgIpc) is 2.72. The summed E-state index contributed by atoms with van der Waals surface area (Å²) in [5.74, 6) is -0.868. The number of rotatable bonds is 7. The number of aliphatic hydroxyl groups excluding tert-OH is 1. The maximum Gasteiger partial charge on any atom is 0.345 e. The lowest BCUT2D eigenvalue weighted by molar-refractivity contribution is 0.0702. The van der Waals surface area contributed by atoms with Gasteiger partial charge >= 0.3 is 5.97 Å². The van der Waals surface area contributed by atoms with Crippen molar-refractivity contribution in [3.05, 3.63) is 21.9 Å². The molecule has 96 valence electrons. The van der Waals surface area contributed by atoms with E-state index in [0.29, 0.717) is 10.9 Å².